The van der Waals surface area contributed by atoms with Gasteiger partial charge in [-0.1, -0.05) is 0 Å². The van der Waals surface area contributed by atoms with E-state index in [2.05, 4.69) is 4.98 Å². The summed E-state index contributed by atoms with van der Waals surface area (Å²) in [6.07, 6.45) is 5.14. The van der Waals surface area contributed by atoms with Crippen molar-refractivity contribution in [3.8, 4) is 5.69 Å². The van der Waals surface area contributed by atoms with Crippen LogP contribution in [0, 0.1) is 0 Å². The summed E-state index contributed by atoms with van der Waals surface area (Å²) in [4.78, 5) is 14.5. The molecule has 2 aromatic rings. The van der Waals surface area contributed by atoms with Crippen LogP contribution in [-0.2, 0) is 0 Å². The van der Waals surface area contributed by atoms with Gasteiger partial charge in [-0.3, -0.25) is 0 Å². The Kier molecular flexibility index (Phi) is 3.46. The zero-order chi connectivity index (χ0) is 9.97. The molecule has 0 aliphatic heterocycles. The molecule has 1 aromatic heterocycles. The van der Waals surface area contributed by atoms with E-state index in [1.165, 1.54) is 0 Å². The van der Waals surface area contributed by atoms with E-state index in [0.717, 1.165) is 5.69 Å². The Labute approximate surface area is 92.6 Å². The lowest BCUT2D eigenvalue weighted by Gasteiger charge is -2.01. The molecule has 78 valence electrons. The first-order valence-corrected chi connectivity index (χ1v) is 4.09. The van der Waals surface area contributed by atoms with Gasteiger partial charge in [0.25, 0.3) is 0 Å². The van der Waals surface area contributed by atoms with Crippen LogP contribution < -0.4 is 0 Å². The van der Waals surface area contributed by atoms with Crippen molar-refractivity contribution in [1.29, 1.82) is 0 Å². The second-order valence-corrected chi connectivity index (χ2v) is 2.82. The number of halogens is 1. The Bertz CT molecular complexity index is 437. The minimum atomic E-state index is -0.915. The summed E-state index contributed by atoms with van der Waals surface area (Å²) in [6, 6.07) is 6.62. The molecular weight excluding hydrogens is 216 g/mol. The van der Waals surface area contributed by atoms with Crippen LogP contribution in [0.4, 0.5) is 0 Å². The molecule has 0 aliphatic rings. The first kappa shape index (κ1) is 11.3. The predicted molar refractivity (Wildman–Crippen MR) is 57.8 cm³/mol. The molecule has 5 heteroatoms. The first-order chi connectivity index (χ1) is 6.77. The maximum Gasteiger partial charge on any atom is 0.335 e. The van der Waals surface area contributed by atoms with Gasteiger partial charge in [-0.05, 0) is 24.3 Å². The smallest absolute Gasteiger partial charge is 0.335 e. The van der Waals surface area contributed by atoms with Crippen LogP contribution >= 0.6 is 12.4 Å². The van der Waals surface area contributed by atoms with E-state index < -0.39 is 5.97 Å². The lowest BCUT2D eigenvalue weighted by molar-refractivity contribution is 0.0697. The van der Waals surface area contributed by atoms with Crippen LogP contribution in [0.25, 0.3) is 5.69 Å². The van der Waals surface area contributed by atoms with E-state index >= 15 is 0 Å². The van der Waals surface area contributed by atoms with Crippen molar-refractivity contribution in [2.24, 2.45) is 0 Å². The van der Waals surface area contributed by atoms with E-state index in [4.69, 9.17) is 5.11 Å². The van der Waals surface area contributed by atoms with Gasteiger partial charge in [0.15, 0.2) is 0 Å². The number of imidazole rings is 1. The number of hydrogen-bond donors (Lipinski definition) is 1. The average Bonchev–Trinajstić information content (AvgIpc) is 2.71. The minimum absolute atomic E-state index is 0. The van der Waals surface area contributed by atoms with Crippen LogP contribution in [0.5, 0.6) is 0 Å². The molecule has 0 aliphatic carbocycles. The summed E-state index contributed by atoms with van der Waals surface area (Å²) in [5.41, 5.74) is 1.18. The molecule has 2 rings (SSSR count). The van der Waals surface area contributed by atoms with Crippen molar-refractivity contribution >= 4 is 18.4 Å². The van der Waals surface area contributed by atoms with Gasteiger partial charge in [-0.15, -0.1) is 12.4 Å². The van der Waals surface area contributed by atoms with Gasteiger partial charge in [0.1, 0.15) is 0 Å². The number of aromatic nitrogens is 2. The Morgan fingerprint density at radius 1 is 1.27 bits per heavy atom. The zero-order valence-corrected chi connectivity index (χ0v) is 8.52. The van der Waals surface area contributed by atoms with Gasteiger partial charge in [0.05, 0.1) is 11.9 Å². The number of aromatic carboxylic acids is 1. The normalized spacial score (nSPS) is 9.33. The molecule has 0 unspecified atom stereocenters. The second kappa shape index (κ2) is 4.61. The highest BCUT2D eigenvalue weighted by molar-refractivity contribution is 5.87. The fraction of sp³-hybridized carbons (Fsp3) is 0. The fourth-order valence-corrected chi connectivity index (χ4v) is 1.19. The number of carbonyl (C=O) groups is 1. The van der Waals surface area contributed by atoms with E-state index in [1.54, 1.807) is 43.0 Å². The molecule has 0 saturated heterocycles. The average molecular weight is 225 g/mol. The van der Waals surface area contributed by atoms with E-state index in [0.29, 0.717) is 0 Å². The number of carboxylic acid groups (broad SMARTS) is 1. The quantitative estimate of drug-likeness (QED) is 0.849. The van der Waals surface area contributed by atoms with Gasteiger partial charge in [-0.25, -0.2) is 9.78 Å². The number of nitrogens with zero attached hydrogens (tertiary/aromatic N) is 2. The molecule has 1 heterocycles. The Morgan fingerprint density at radius 3 is 2.40 bits per heavy atom. The van der Waals surface area contributed by atoms with Gasteiger partial charge in [-0.2, -0.15) is 0 Å². The summed E-state index contributed by atoms with van der Waals surface area (Å²) in [6.45, 7) is 0. The van der Waals surface area contributed by atoms with Crippen molar-refractivity contribution in [1.82, 2.24) is 9.55 Å². The van der Waals surface area contributed by atoms with Gasteiger partial charge in [0.2, 0.25) is 0 Å². The number of hydrogen-bond acceptors (Lipinski definition) is 2. The zero-order valence-electron chi connectivity index (χ0n) is 7.70. The predicted octanol–water partition coefficient (Wildman–Crippen LogP) is 1.99. The maximum atomic E-state index is 10.6. The highest BCUT2D eigenvalue weighted by atomic mass is 35.5. The number of carboxylic acids is 1. The third kappa shape index (κ3) is 2.35. The number of benzene rings is 1. The maximum absolute atomic E-state index is 10.6. The summed E-state index contributed by atoms with van der Waals surface area (Å²) in [5.74, 6) is -0.915. The van der Waals surface area contributed by atoms with Crippen molar-refractivity contribution < 1.29 is 9.90 Å². The SMILES string of the molecule is Cl.O=C(O)c1ccc(-n2ccnc2)cc1. The lowest BCUT2D eigenvalue weighted by Crippen LogP contribution is -1.96. The Balaban J connectivity index is 0.00000112. The number of rotatable bonds is 2. The first-order valence-electron chi connectivity index (χ1n) is 4.09. The third-order valence-corrected chi connectivity index (χ3v) is 1.92. The van der Waals surface area contributed by atoms with Crippen LogP contribution in [0.3, 0.4) is 0 Å². The minimum Gasteiger partial charge on any atom is -0.478 e. The molecule has 1 N–H and O–H groups in total. The molecule has 4 nitrogen and oxygen atoms in total. The lowest BCUT2D eigenvalue weighted by atomic mass is 10.2. The molecule has 0 bridgehead atoms. The van der Waals surface area contributed by atoms with Crippen molar-refractivity contribution in [2.45, 2.75) is 0 Å². The summed E-state index contributed by atoms with van der Waals surface area (Å²) in [5, 5.41) is 8.69. The molecule has 0 saturated carbocycles. The summed E-state index contributed by atoms with van der Waals surface area (Å²) < 4.78 is 1.81. The highest BCUT2D eigenvalue weighted by Gasteiger charge is 2.01. The van der Waals surface area contributed by atoms with Crippen molar-refractivity contribution in [3.63, 3.8) is 0 Å². The van der Waals surface area contributed by atoms with Crippen LogP contribution in [-0.4, -0.2) is 20.6 Å². The van der Waals surface area contributed by atoms with Gasteiger partial charge in [0, 0.05) is 18.1 Å². The second-order valence-electron chi connectivity index (χ2n) is 2.82. The topological polar surface area (TPSA) is 55.1 Å². The van der Waals surface area contributed by atoms with Gasteiger partial charge >= 0.3 is 5.97 Å². The standard InChI is InChI=1S/C10H8N2O2.ClH/c13-10(14)8-1-3-9(4-2-8)12-6-5-11-7-12;/h1-7H,(H,13,14);1H. The monoisotopic (exact) mass is 224 g/mol. The Morgan fingerprint density at radius 2 is 1.93 bits per heavy atom. The largest absolute Gasteiger partial charge is 0.478 e. The van der Waals surface area contributed by atoms with Crippen LogP contribution in [0.15, 0.2) is 43.0 Å². The summed E-state index contributed by atoms with van der Waals surface area (Å²) in [7, 11) is 0. The van der Waals surface area contributed by atoms with E-state index in [9.17, 15) is 4.79 Å². The van der Waals surface area contributed by atoms with E-state index in [1.807, 2.05) is 4.57 Å². The van der Waals surface area contributed by atoms with Gasteiger partial charge < -0.3 is 9.67 Å². The Hall–Kier alpha value is -1.81. The van der Waals surface area contributed by atoms with Crippen LogP contribution in [0.1, 0.15) is 10.4 Å². The molecular formula is C10H9ClN2O2. The molecule has 15 heavy (non-hydrogen) atoms. The molecule has 0 spiro atoms. The molecule has 0 atom stereocenters. The van der Waals surface area contributed by atoms with Crippen molar-refractivity contribution in [2.75, 3.05) is 0 Å². The fourth-order valence-electron chi connectivity index (χ4n) is 1.19. The van der Waals surface area contributed by atoms with E-state index in [-0.39, 0.29) is 18.0 Å². The third-order valence-electron chi connectivity index (χ3n) is 1.92. The van der Waals surface area contributed by atoms with Crippen molar-refractivity contribution in [3.05, 3.63) is 48.5 Å². The molecule has 0 amide bonds. The van der Waals surface area contributed by atoms with Crippen LogP contribution in [0.2, 0.25) is 0 Å². The summed E-state index contributed by atoms with van der Waals surface area (Å²) >= 11 is 0. The molecule has 1 aromatic carbocycles. The molecule has 0 fully saturated rings. The molecule has 0 radical (unpaired) electrons. The highest BCUT2D eigenvalue weighted by Crippen LogP contribution is 2.08.